The predicted octanol–water partition coefficient (Wildman–Crippen LogP) is 4.51. The van der Waals surface area contributed by atoms with Crippen LogP contribution < -0.4 is 14.8 Å². The van der Waals surface area contributed by atoms with Gasteiger partial charge in [-0.2, -0.15) is 13.2 Å². The van der Waals surface area contributed by atoms with E-state index in [-0.39, 0.29) is 12.8 Å². The average molecular weight is 378 g/mol. The Hall–Kier alpha value is -2.41. The minimum atomic E-state index is -4.32. The van der Waals surface area contributed by atoms with E-state index >= 15 is 0 Å². The topological polar surface area (TPSA) is 33.7 Å². The molecule has 2 aromatic carbocycles. The summed E-state index contributed by atoms with van der Waals surface area (Å²) in [5.74, 6) is 1.45. The third-order valence-corrected chi connectivity index (χ3v) is 4.97. The van der Waals surface area contributed by atoms with Crippen molar-refractivity contribution in [2.24, 2.45) is 0 Å². The lowest BCUT2D eigenvalue weighted by atomic mass is 10.0. The number of ether oxygens (including phenoxy) is 2. The van der Waals surface area contributed by atoms with Crippen LogP contribution in [0.1, 0.15) is 24.0 Å². The van der Waals surface area contributed by atoms with Crippen LogP contribution in [0.15, 0.2) is 42.5 Å². The van der Waals surface area contributed by atoms with E-state index in [1.165, 1.54) is 6.07 Å². The molecule has 2 aromatic rings. The zero-order chi connectivity index (χ0) is 18.9. The maximum Gasteiger partial charge on any atom is 0.416 e. The Morgan fingerprint density at radius 1 is 1.07 bits per heavy atom. The molecule has 0 spiro atoms. The summed E-state index contributed by atoms with van der Waals surface area (Å²) in [5.41, 5.74) is 0.714. The summed E-state index contributed by atoms with van der Waals surface area (Å²) in [5, 5.41) is 3.47. The van der Waals surface area contributed by atoms with Crippen molar-refractivity contribution >= 4 is 5.69 Å². The predicted molar refractivity (Wildman–Crippen MR) is 95.9 cm³/mol. The fourth-order valence-corrected chi connectivity index (χ4v) is 3.71. The van der Waals surface area contributed by atoms with Crippen molar-refractivity contribution in [3.8, 4) is 11.5 Å². The average Bonchev–Trinajstić information content (AvgIpc) is 3.09. The third-order valence-electron chi connectivity index (χ3n) is 4.97. The summed E-state index contributed by atoms with van der Waals surface area (Å²) in [7, 11) is 0. The quantitative estimate of drug-likeness (QED) is 0.849. The van der Waals surface area contributed by atoms with E-state index < -0.39 is 11.7 Å². The van der Waals surface area contributed by atoms with Crippen molar-refractivity contribution in [2.45, 2.75) is 31.6 Å². The number of likely N-dealkylation sites (tertiary alicyclic amines) is 1. The molecule has 1 saturated heterocycles. The van der Waals surface area contributed by atoms with Crippen LogP contribution in [0.5, 0.6) is 11.5 Å². The summed E-state index contributed by atoms with van der Waals surface area (Å²) in [4.78, 5) is 2.08. The van der Waals surface area contributed by atoms with Gasteiger partial charge in [-0.1, -0.05) is 18.2 Å². The maximum atomic E-state index is 13.2. The van der Waals surface area contributed by atoms with Crippen LogP contribution in [0.3, 0.4) is 0 Å². The van der Waals surface area contributed by atoms with E-state index in [0.29, 0.717) is 24.4 Å². The van der Waals surface area contributed by atoms with E-state index in [1.54, 1.807) is 12.1 Å². The molecule has 0 aromatic heterocycles. The number of piperidine rings is 1. The van der Waals surface area contributed by atoms with E-state index in [0.717, 1.165) is 36.9 Å². The first-order valence-electron chi connectivity index (χ1n) is 9.03. The molecule has 1 unspecified atom stereocenters. The van der Waals surface area contributed by atoms with Gasteiger partial charge in [-0.05, 0) is 43.1 Å². The van der Waals surface area contributed by atoms with Crippen molar-refractivity contribution in [3.63, 3.8) is 0 Å². The summed E-state index contributed by atoms with van der Waals surface area (Å²) < 4.78 is 50.4. The van der Waals surface area contributed by atoms with Gasteiger partial charge in [-0.15, -0.1) is 0 Å². The Morgan fingerprint density at radius 3 is 2.74 bits per heavy atom. The molecular formula is C20H21F3N2O2. The first-order valence-corrected chi connectivity index (χ1v) is 9.03. The van der Waals surface area contributed by atoms with Crippen LogP contribution in [-0.2, 0) is 12.7 Å². The summed E-state index contributed by atoms with van der Waals surface area (Å²) in [6, 6.07) is 11.7. The van der Waals surface area contributed by atoms with Crippen molar-refractivity contribution in [3.05, 3.63) is 53.6 Å². The first-order chi connectivity index (χ1) is 13.0. The van der Waals surface area contributed by atoms with E-state index in [9.17, 15) is 13.2 Å². The summed E-state index contributed by atoms with van der Waals surface area (Å²) >= 11 is 0. The second-order valence-electron chi connectivity index (χ2n) is 6.94. The normalized spacial score (nSPS) is 19.9. The fraction of sp³-hybridized carbons (Fsp3) is 0.400. The Morgan fingerprint density at radius 2 is 1.89 bits per heavy atom. The van der Waals surface area contributed by atoms with Crippen LogP contribution in [-0.4, -0.2) is 30.8 Å². The molecule has 2 heterocycles. The number of hydrogen-bond donors (Lipinski definition) is 1. The molecule has 2 aliphatic heterocycles. The summed E-state index contributed by atoms with van der Waals surface area (Å²) in [6.45, 7) is 2.02. The highest BCUT2D eigenvalue weighted by molar-refractivity contribution is 5.56. The highest BCUT2D eigenvalue weighted by Crippen LogP contribution is 2.35. The van der Waals surface area contributed by atoms with Gasteiger partial charge in [-0.25, -0.2) is 0 Å². The van der Waals surface area contributed by atoms with E-state index in [1.807, 2.05) is 18.2 Å². The van der Waals surface area contributed by atoms with Gasteiger partial charge in [-0.3, -0.25) is 4.90 Å². The molecule has 1 fully saturated rings. The highest BCUT2D eigenvalue weighted by atomic mass is 19.4. The summed E-state index contributed by atoms with van der Waals surface area (Å²) in [6.07, 6.45) is -2.40. The lowest BCUT2D eigenvalue weighted by Crippen LogP contribution is -2.41. The highest BCUT2D eigenvalue weighted by Gasteiger charge is 2.33. The van der Waals surface area contributed by atoms with Crippen molar-refractivity contribution in [1.29, 1.82) is 0 Å². The number of rotatable bonds is 4. The molecule has 0 aliphatic carbocycles. The molecule has 0 saturated carbocycles. The number of alkyl halides is 3. The third kappa shape index (κ3) is 4.13. The Kier molecular flexibility index (Phi) is 4.86. The molecule has 2 aliphatic rings. The fourth-order valence-electron chi connectivity index (χ4n) is 3.71. The molecule has 4 rings (SSSR count). The van der Waals surface area contributed by atoms with Gasteiger partial charge >= 0.3 is 6.18 Å². The van der Waals surface area contributed by atoms with Gasteiger partial charge in [0.2, 0.25) is 6.79 Å². The molecule has 27 heavy (non-hydrogen) atoms. The molecule has 0 radical (unpaired) electrons. The molecule has 7 heteroatoms. The van der Waals surface area contributed by atoms with Crippen LogP contribution >= 0.6 is 0 Å². The van der Waals surface area contributed by atoms with E-state index in [2.05, 4.69) is 10.2 Å². The molecule has 144 valence electrons. The van der Waals surface area contributed by atoms with Crippen LogP contribution in [0, 0.1) is 0 Å². The maximum absolute atomic E-state index is 13.2. The molecule has 0 bridgehead atoms. The minimum Gasteiger partial charge on any atom is -0.454 e. The molecule has 1 atom stereocenters. The van der Waals surface area contributed by atoms with Gasteiger partial charge in [0.25, 0.3) is 0 Å². The van der Waals surface area contributed by atoms with Gasteiger partial charge in [0, 0.05) is 30.9 Å². The van der Waals surface area contributed by atoms with Crippen LogP contribution in [0.4, 0.5) is 18.9 Å². The second-order valence-corrected chi connectivity index (χ2v) is 6.94. The van der Waals surface area contributed by atoms with Crippen molar-refractivity contribution < 1.29 is 22.6 Å². The minimum absolute atomic E-state index is 0.178. The Bertz CT molecular complexity index is 810. The van der Waals surface area contributed by atoms with Gasteiger partial charge in [0.05, 0.1) is 5.56 Å². The van der Waals surface area contributed by atoms with Crippen LogP contribution in [0.2, 0.25) is 0 Å². The van der Waals surface area contributed by atoms with Gasteiger partial charge in [0.15, 0.2) is 11.5 Å². The monoisotopic (exact) mass is 378 g/mol. The number of fused-ring (bicyclic) bond motifs is 1. The zero-order valence-corrected chi connectivity index (χ0v) is 14.8. The number of benzene rings is 2. The first kappa shape index (κ1) is 18.0. The molecule has 0 amide bonds. The smallest absolute Gasteiger partial charge is 0.416 e. The number of hydrogen-bond acceptors (Lipinski definition) is 4. The lowest BCUT2D eigenvalue weighted by Gasteiger charge is -2.34. The Balaban J connectivity index is 1.42. The van der Waals surface area contributed by atoms with E-state index in [4.69, 9.17) is 9.47 Å². The number of anilines is 1. The molecule has 1 N–H and O–H groups in total. The SMILES string of the molecule is FC(F)(F)c1ccccc1CN1CCCC(Nc2ccc3c(c2)OCO3)C1. The number of nitrogens with one attached hydrogen (secondary N) is 1. The number of nitrogens with zero attached hydrogens (tertiary/aromatic N) is 1. The molecular weight excluding hydrogens is 357 g/mol. The van der Waals surface area contributed by atoms with Crippen molar-refractivity contribution in [2.75, 3.05) is 25.2 Å². The van der Waals surface area contributed by atoms with Gasteiger partial charge < -0.3 is 14.8 Å². The zero-order valence-electron chi connectivity index (χ0n) is 14.8. The largest absolute Gasteiger partial charge is 0.454 e. The van der Waals surface area contributed by atoms with Gasteiger partial charge in [0.1, 0.15) is 0 Å². The Labute approximate surface area is 155 Å². The van der Waals surface area contributed by atoms with Crippen molar-refractivity contribution in [1.82, 2.24) is 4.90 Å². The number of halogens is 3. The standard InChI is InChI=1S/C20H21F3N2O2/c21-20(22,23)17-6-2-1-4-14(17)11-25-9-3-5-16(12-25)24-15-7-8-18-19(10-15)27-13-26-18/h1-2,4,6-8,10,16,24H,3,5,9,11-13H2. The second kappa shape index (κ2) is 7.31. The molecule has 4 nitrogen and oxygen atoms in total. The lowest BCUT2D eigenvalue weighted by molar-refractivity contribution is -0.138. The van der Waals surface area contributed by atoms with Crippen LogP contribution in [0.25, 0.3) is 0 Å².